The first kappa shape index (κ1) is 13.6. The second kappa shape index (κ2) is 5.42. The molecular weight excluding hydrogens is 264 g/mol. The Morgan fingerprint density at radius 1 is 0.947 bits per heavy atom. The number of ether oxygens (including phenoxy) is 1. The van der Waals surface area contributed by atoms with Crippen LogP contribution in [0.4, 0.5) is 0 Å². The van der Waals surface area contributed by atoms with Gasteiger partial charge >= 0.3 is 0 Å². The standard InChI is InChI=1S/C14H14O4S/c1-18-12-4-8-14(9-5-12)19(16,17)13-6-2-11(10-15)3-7-13/h2-9,15H,10H2,1H3. The molecule has 0 amide bonds. The molecule has 2 aromatic carbocycles. The minimum Gasteiger partial charge on any atom is -0.497 e. The molecule has 0 atom stereocenters. The van der Waals surface area contributed by atoms with E-state index in [1.54, 1.807) is 24.3 Å². The van der Waals surface area contributed by atoms with Gasteiger partial charge in [0.1, 0.15) is 5.75 Å². The number of rotatable bonds is 4. The molecule has 0 saturated heterocycles. The molecule has 0 unspecified atom stereocenters. The highest BCUT2D eigenvalue weighted by Gasteiger charge is 2.17. The maximum atomic E-state index is 12.3. The van der Waals surface area contributed by atoms with E-state index in [-0.39, 0.29) is 16.4 Å². The molecule has 0 fully saturated rings. The van der Waals surface area contributed by atoms with Gasteiger partial charge < -0.3 is 9.84 Å². The first-order valence-electron chi connectivity index (χ1n) is 5.67. The Hall–Kier alpha value is -1.85. The summed E-state index contributed by atoms with van der Waals surface area (Å²) >= 11 is 0. The SMILES string of the molecule is COc1ccc(S(=O)(=O)c2ccc(CO)cc2)cc1. The molecule has 5 heteroatoms. The summed E-state index contributed by atoms with van der Waals surface area (Å²) in [6, 6.07) is 12.4. The zero-order valence-electron chi connectivity index (χ0n) is 10.4. The number of aliphatic hydroxyl groups is 1. The van der Waals surface area contributed by atoms with Crippen molar-refractivity contribution in [3.63, 3.8) is 0 Å². The van der Waals surface area contributed by atoms with E-state index in [1.165, 1.54) is 31.4 Å². The minimum atomic E-state index is -3.53. The van der Waals surface area contributed by atoms with Crippen LogP contribution in [0.25, 0.3) is 0 Å². The van der Waals surface area contributed by atoms with Crippen LogP contribution in [0.3, 0.4) is 0 Å². The largest absolute Gasteiger partial charge is 0.497 e. The average molecular weight is 278 g/mol. The van der Waals surface area contributed by atoms with Gasteiger partial charge in [-0.2, -0.15) is 0 Å². The number of hydrogen-bond acceptors (Lipinski definition) is 4. The van der Waals surface area contributed by atoms with Crippen molar-refractivity contribution in [3.8, 4) is 5.75 Å². The zero-order valence-corrected chi connectivity index (χ0v) is 11.2. The Morgan fingerprint density at radius 3 is 1.84 bits per heavy atom. The number of methoxy groups -OCH3 is 1. The van der Waals surface area contributed by atoms with Crippen LogP contribution in [0.15, 0.2) is 58.3 Å². The maximum absolute atomic E-state index is 12.3. The number of benzene rings is 2. The molecule has 0 aromatic heterocycles. The van der Waals surface area contributed by atoms with Crippen molar-refractivity contribution < 1.29 is 18.3 Å². The van der Waals surface area contributed by atoms with Gasteiger partial charge in [-0.05, 0) is 42.0 Å². The molecule has 4 nitrogen and oxygen atoms in total. The molecule has 0 aliphatic rings. The molecule has 100 valence electrons. The van der Waals surface area contributed by atoms with Crippen LogP contribution in [0.1, 0.15) is 5.56 Å². The molecule has 0 aliphatic carbocycles. The summed E-state index contributed by atoms with van der Waals surface area (Å²) in [6.45, 7) is -0.108. The van der Waals surface area contributed by atoms with Gasteiger partial charge in [0.15, 0.2) is 0 Å². The lowest BCUT2D eigenvalue weighted by Gasteiger charge is -2.06. The van der Waals surface area contributed by atoms with Gasteiger partial charge in [-0.1, -0.05) is 12.1 Å². The fraction of sp³-hybridized carbons (Fsp3) is 0.143. The van der Waals surface area contributed by atoms with Crippen LogP contribution in [0.5, 0.6) is 5.75 Å². The Morgan fingerprint density at radius 2 is 1.42 bits per heavy atom. The van der Waals surface area contributed by atoms with E-state index < -0.39 is 9.84 Å². The molecule has 0 bridgehead atoms. The first-order valence-corrected chi connectivity index (χ1v) is 7.15. The highest BCUT2D eigenvalue weighted by molar-refractivity contribution is 7.91. The summed E-state index contributed by atoms with van der Waals surface area (Å²) in [5.74, 6) is 0.606. The number of hydrogen-bond donors (Lipinski definition) is 1. The molecule has 2 rings (SSSR count). The predicted molar refractivity (Wildman–Crippen MR) is 70.8 cm³/mol. The van der Waals surface area contributed by atoms with E-state index in [9.17, 15) is 8.42 Å². The number of sulfone groups is 1. The average Bonchev–Trinajstić information content (AvgIpc) is 2.47. The lowest BCUT2D eigenvalue weighted by molar-refractivity contribution is 0.282. The van der Waals surface area contributed by atoms with Crippen LogP contribution >= 0.6 is 0 Å². The summed E-state index contributed by atoms with van der Waals surface area (Å²) in [5.41, 5.74) is 0.675. The fourth-order valence-electron chi connectivity index (χ4n) is 1.66. The summed E-state index contributed by atoms with van der Waals surface area (Å²) in [7, 11) is -2.00. The second-order valence-corrected chi connectivity index (χ2v) is 5.93. The minimum absolute atomic E-state index is 0.108. The van der Waals surface area contributed by atoms with Crippen LogP contribution in [0.2, 0.25) is 0 Å². The highest BCUT2D eigenvalue weighted by atomic mass is 32.2. The monoisotopic (exact) mass is 278 g/mol. The molecule has 1 N–H and O–H groups in total. The van der Waals surface area contributed by atoms with Gasteiger partial charge in [0.25, 0.3) is 0 Å². The smallest absolute Gasteiger partial charge is 0.206 e. The second-order valence-electron chi connectivity index (χ2n) is 3.98. The molecule has 0 saturated carbocycles. The van der Waals surface area contributed by atoms with E-state index in [2.05, 4.69) is 0 Å². The third-order valence-corrected chi connectivity index (χ3v) is 4.57. The molecule has 19 heavy (non-hydrogen) atoms. The van der Waals surface area contributed by atoms with Crippen molar-refractivity contribution in [3.05, 3.63) is 54.1 Å². The van der Waals surface area contributed by atoms with Gasteiger partial charge in [-0.3, -0.25) is 0 Å². The van der Waals surface area contributed by atoms with E-state index in [0.29, 0.717) is 11.3 Å². The van der Waals surface area contributed by atoms with Crippen molar-refractivity contribution >= 4 is 9.84 Å². The quantitative estimate of drug-likeness (QED) is 0.929. The van der Waals surface area contributed by atoms with Crippen LogP contribution < -0.4 is 4.74 Å². The van der Waals surface area contributed by atoms with Crippen LogP contribution in [-0.2, 0) is 16.4 Å². The molecule has 2 aromatic rings. The van der Waals surface area contributed by atoms with Gasteiger partial charge in [-0.25, -0.2) is 8.42 Å². The lowest BCUT2D eigenvalue weighted by Crippen LogP contribution is -2.02. The summed E-state index contributed by atoms with van der Waals surface area (Å²) in [4.78, 5) is 0.417. The molecule has 0 spiro atoms. The Balaban J connectivity index is 2.39. The zero-order chi connectivity index (χ0) is 13.9. The van der Waals surface area contributed by atoms with E-state index in [4.69, 9.17) is 9.84 Å². The Labute approximate surface area is 112 Å². The molecule has 0 radical (unpaired) electrons. The predicted octanol–water partition coefficient (Wildman–Crippen LogP) is 2.02. The van der Waals surface area contributed by atoms with E-state index in [1.807, 2.05) is 0 Å². The van der Waals surface area contributed by atoms with Crippen molar-refractivity contribution in [2.24, 2.45) is 0 Å². The summed E-state index contributed by atoms with van der Waals surface area (Å²) in [5, 5.41) is 8.94. The van der Waals surface area contributed by atoms with Gasteiger partial charge in [0.05, 0.1) is 23.5 Å². The van der Waals surface area contributed by atoms with Gasteiger partial charge in [0.2, 0.25) is 9.84 Å². The highest BCUT2D eigenvalue weighted by Crippen LogP contribution is 2.23. The van der Waals surface area contributed by atoms with Gasteiger partial charge in [-0.15, -0.1) is 0 Å². The molecule has 0 aliphatic heterocycles. The van der Waals surface area contributed by atoms with E-state index in [0.717, 1.165) is 0 Å². The topological polar surface area (TPSA) is 63.6 Å². The fourth-order valence-corrected chi connectivity index (χ4v) is 2.93. The third-order valence-electron chi connectivity index (χ3n) is 2.79. The Kier molecular flexibility index (Phi) is 3.87. The van der Waals surface area contributed by atoms with Crippen LogP contribution in [0, 0.1) is 0 Å². The van der Waals surface area contributed by atoms with E-state index >= 15 is 0 Å². The Bertz CT molecular complexity index is 589. The van der Waals surface area contributed by atoms with Gasteiger partial charge in [0, 0.05) is 0 Å². The normalized spacial score (nSPS) is 11.3. The van der Waals surface area contributed by atoms with Crippen molar-refractivity contribution in [1.82, 2.24) is 0 Å². The molecule has 0 heterocycles. The maximum Gasteiger partial charge on any atom is 0.206 e. The van der Waals surface area contributed by atoms with Crippen molar-refractivity contribution in [1.29, 1.82) is 0 Å². The number of aliphatic hydroxyl groups excluding tert-OH is 1. The molecular formula is C14H14O4S. The van der Waals surface area contributed by atoms with Crippen molar-refractivity contribution in [2.75, 3.05) is 7.11 Å². The van der Waals surface area contributed by atoms with Crippen LogP contribution in [-0.4, -0.2) is 20.6 Å². The summed E-state index contributed by atoms with van der Waals surface area (Å²) in [6.07, 6.45) is 0. The van der Waals surface area contributed by atoms with Crippen molar-refractivity contribution in [2.45, 2.75) is 16.4 Å². The lowest BCUT2D eigenvalue weighted by atomic mass is 10.2. The summed E-state index contributed by atoms with van der Waals surface area (Å²) < 4.78 is 29.7. The third kappa shape index (κ3) is 2.77. The first-order chi connectivity index (χ1) is 9.07.